The molecule has 0 saturated carbocycles. The maximum Gasteiger partial charge on any atom is 0.241 e. The molecule has 5 nitrogen and oxygen atoms in total. The van der Waals surface area contributed by atoms with Crippen molar-refractivity contribution in [3.05, 3.63) is 65.7 Å². The molecule has 0 aliphatic carbocycles. The predicted molar refractivity (Wildman–Crippen MR) is 165 cm³/mol. The third-order valence-corrected chi connectivity index (χ3v) is 7.83. The lowest BCUT2D eigenvalue weighted by molar-refractivity contribution is -0.119. The van der Waals surface area contributed by atoms with Crippen molar-refractivity contribution in [2.75, 3.05) is 57.8 Å². The molecule has 3 aliphatic heterocycles. The zero-order valence-electron chi connectivity index (χ0n) is 24.5. The average molecular weight is 543 g/mol. The topological polar surface area (TPSA) is 30.0 Å². The lowest BCUT2D eigenvalue weighted by Gasteiger charge is -2.42. The monoisotopic (exact) mass is 542 g/mol. The molecule has 6 heteroatoms. The number of halogens is 1. The van der Waals surface area contributed by atoms with E-state index in [1.54, 1.807) is 6.08 Å². The smallest absolute Gasteiger partial charge is 0.241 e. The summed E-state index contributed by atoms with van der Waals surface area (Å²) in [5.41, 5.74) is 4.84. The zero-order valence-corrected chi connectivity index (χ0v) is 25.3. The molecule has 0 spiro atoms. The second kappa shape index (κ2) is 17.6. The van der Waals surface area contributed by atoms with Crippen molar-refractivity contribution >= 4 is 23.2 Å². The highest BCUT2D eigenvalue weighted by Gasteiger charge is 2.31. The van der Waals surface area contributed by atoms with E-state index in [0.29, 0.717) is 19.0 Å². The summed E-state index contributed by atoms with van der Waals surface area (Å²) in [6.45, 7) is 19.3. The van der Waals surface area contributed by atoms with Gasteiger partial charge in [-0.2, -0.15) is 0 Å². The van der Waals surface area contributed by atoms with Crippen molar-refractivity contribution < 1.29 is 4.79 Å². The summed E-state index contributed by atoms with van der Waals surface area (Å²) in [4.78, 5) is 22.9. The summed E-state index contributed by atoms with van der Waals surface area (Å²) < 4.78 is 0. The molecule has 0 radical (unpaired) electrons. The van der Waals surface area contributed by atoms with Gasteiger partial charge in [0.2, 0.25) is 5.91 Å². The van der Waals surface area contributed by atoms with Crippen LogP contribution in [0, 0.1) is 5.92 Å². The SMILES string of the molecule is C=C/C(=C\C=C\Cl)CN1CC(=O)N(CC2CCN(C3CCN(C)CC3)CC2)c2ccccc2C1.CC.CC. The van der Waals surface area contributed by atoms with Gasteiger partial charge in [0.25, 0.3) is 0 Å². The zero-order chi connectivity index (χ0) is 27.9. The first kappa shape index (κ1) is 32.3. The van der Waals surface area contributed by atoms with Crippen molar-refractivity contribution in [2.45, 2.75) is 66.0 Å². The van der Waals surface area contributed by atoms with Crippen LogP contribution in [0.15, 0.2) is 60.2 Å². The summed E-state index contributed by atoms with van der Waals surface area (Å²) in [6, 6.07) is 9.15. The van der Waals surface area contributed by atoms with Gasteiger partial charge in [-0.3, -0.25) is 9.69 Å². The Labute approximate surface area is 237 Å². The van der Waals surface area contributed by atoms with Crippen LogP contribution in [0.2, 0.25) is 0 Å². The second-order valence-corrected chi connectivity index (χ2v) is 10.3. The van der Waals surface area contributed by atoms with Gasteiger partial charge in [-0.15, -0.1) is 0 Å². The third-order valence-electron chi connectivity index (χ3n) is 7.68. The quantitative estimate of drug-likeness (QED) is 0.365. The number of piperidine rings is 2. The van der Waals surface area contributed by atoms with Crippen LogP contribution in [0.3, 0.4) is 0 Å². The molecule has 0 unspecified atom stereocenters. The number of carbonyl (C=O) groups is 1. The summed E-state index contributed by atoms with van der Waals surface area (Å²) >= 11 is 5.69. The van der Waals surface area contributed by atoms with Crippen molar-refractivity contribution in [1.82, 2.24) is 14.7 Å². The Morgan fingerprint density at radius 1 is 1.00 bits per heavy atom. The van der Waals surface area contributed by atoms with Crippen molar-refractivity contribution in [1.29, 1.82) is 0 Å². The molecule has 3 aliphatic rings. The van der Waals surface area contributed by atoms with Crippen molar-refractivity contribution in [3.8, 4) is 0 Å². The van der Waals surface area contributed by atoms with Crippen LogP contribution in [-0.2, 0) is 11.3 Å². The number of carbonyl (C=O) groups excluding carboxylic acids is 1. The maximum atomic E-state index is 13.5. The molecule has 0 N–H and O–H groups in total. The molecule has 1 amide bonds. The summed E-state index contributed by atoms with van der Waals surface area (Å²) in [6.07, 6.45) is 10.5. The highest BCUT2D eigenvalue weighted by molar-refractivity contribution is 6.25. The van der Waals surface area contributed by atoms with E-state index in [-0.39, 0.29) is 5.91 Å². The van der Waals surface area contributed by atoms with E-state index in [2.05, 4.69) is 57.5 Å². The number of anilines is 1. The van der Waals surface area contributed by atoms with E-state index in [9.17, 15) is 4.79 Å². The van der Waals surface area contributed by atoms with Gasteiger partial charge in [0, 0.05) is 36.9 Å². The fraction of sp³-hybridized carbons (Fsp3) is 0.594. The molecule has 2 saturated heterocycles. The number of para-hydroxylation sites is 1. The van der Waals surface area contributed by atoms with Gasteiger partial charge in [0.1, 0.15) is 0 Å². The van der Waals surface area contributed by atoms with Gasteiger partial charge in [-0.05, 0) is 82.0 Å². The van der Waals surface area contributed by atoms with Crippen LogP contribution in [0.1, 0.15) is 58.9 Å². The lowest BCUT2D eigenvalue weighted by Crippen LogP contribution is -2.48. The summed E-state index contributed by atoms with van der Waals surface area (Å²) in [5, 5.41) is 0. The van der Waals surface area contributed by atoms with Gasteiger partial charge in [-0.25, -0.2) is 0 Å². The number of nitrogens with zero attached hydrogens (tertiary/aromatic N) is 4. The van der Waals surface area contributed by atoms with Gasteiger partial charge in [0.15, 0.2) is 0 Å². The molecule has 212 valence electrons. The number of amides is 1. The van der Waals surface area contributed by atoms with Gasteiger partial charge in [0.05, 0.1) is 6.54 Å². The molecule has 0 atom stereocenters. The first-order valence-electron chi connectivity index (χ1n) is 14.7. The number of fused-ring (bicyclic) bond motifs is 1. The molecule has 38 heavy (non-hydrogen) atoms. The minimum Gasteiger partial charge on any atom is -0.311 e. The Morgan fingerprint density at radius 3 is 2.29 bits per heavy atom. The molecule has 3 heterocycles. The highest BCUT2D eigenvalue weighted by atomic mass is 35.5. The van der Waals surface area contributed by atoms with E-state index in [1.807, 2.05) is 39.8 Å². The Morgan fingerprint density at radius 2 is 1.66 bits per heavy atom. The Bertz CT molecular complexity index is 898. The number of allylic oxidation sites excluding steroid dienone is 2. The normalized spacial score (nSPS) is 20.7. The first-order valence-corrected chi connectivity index (χ1v) is 15.1. The van der Waals surface area contributed by atoms with Gasteiger partial charge in [-0.1, -0.05) is 82.3 Å². The maximum absolute atomic E-state index is 13.5. The van der Waals surface area contributed by atoms with Crippen LogP contribution >= 0.6 is 11.6 Å². The predicted octanol–water partition coefficient (Wildman–Crippen LogP) is 6.56. The highest BCUT2D eigenvalue weighted by Crippen LogP contribution is 2.30. The lowest BCUT2D eigenvalue weighted by atomic mass is 9.92. The molecule has 2 fully saturated rings. The number of rotatable bonds is 7. The van der Waals surface area contributed by atoms with Crippen LogP contribution < -0.4 is 4.90 Å². The number of hydrogen-bond donors (Lipinski definition) is 0. The third kappa shape index (κ3) is 9.37. The fourth-order valence-electron chi connectivity index (χ4n) is 5.65. The number of benzene rings is 1. The molecule has 0 aromatic heterocycles. The fourth-order valence-corrected chi connectivity index (χ4v) is 5.72. The van der Waals surface area contributed by atoms with Crippen LogP contribution in [0.25, 0.3) is 0 Å². The Balaban J connectivity index is 0.00000121. The number of hydrogen-bond acceptors (Lipinski definition) is 4. The van der Waals surface area contributed by atoms with E-state index in [4.69, 9.17) is 11.6 Å². The Hall–Kier alpha value is -1.92. The van der Waals surface area contributed by atoms with Crippen LogP contribution in [-0.4, -0.2) is 79.5 Å². The van der Waals surface area contributed by atoms with Gasteiger partial charge >= 0.3 is 0 Å². The second-order valence-electron chi connectivity index (χ2n) is 10.1. The van der Waals surface area contributed by atoms with Crippen LogP contribution in [0.4, 0.5) is 5.69 Å². The van der Waals surface area contributed by atoms with E-state index in [0.717, 1.165) is 43.5 Å². The van der Waals surface area contributed by atoms with E-state index >= 15 is 0 Å². The Kier molecular flexibility index (Phi) is 15.0. The van der Waals surface area contributed by atoms with Crippen LogP contribution in [0.5, 0.6) is 0 Å². The average Bonchev–Trinajstić information content (AvgIpc) is 3.09. The molecule has 1 aromatic rings. The van der Waals surface area contributed by atoms with E-state index in [1.165, 1.54) is 49.9 Å². The summed E-state index contributed by atoms with van der Waals surface area (Å²) in [7, 11) is 2.23. The number of likely N-dealkylation sites (tertiary alicyclic amines) is 2. The van der Waals surface area contributed by atoms with E-state index < -0.39 is 0 Å². The molecule has 4 rings (SSSR count). The molecule has 1 aromatic carbocycles. The minimum atomic E-state index is 0.194. The molecular formula is C32H51ClN4O. The first-order chi connectivity index (χ1) is 18.6. The minimum absolute atomic E-state index is 0.194. The van der Waals surface area contributed by atoms with Crippen molar-refractivity contribution in [2.24, 2.45) is 5.92 Å². The molecular weight excluding hydrogens is 492 g/mol. The van der Waals surface area contributed by atoms with Gasteiger partial charge < -0.3 is 14.7 Å². The largest absolute Gasteiger partial charge is 0.311 e. The standard InChI is InChI=1S/C28H39ClN4O.2C2H6/c1-3-23(7-6-14-29)19-31-21-25-8-4-5-9-27(25)33(28(34)22-31)20-24-10-17-32(18-11-24)26-12-15-30(2)16-13-26;2*1-2/h3-9,14,24,26H,1,10-13,15-22H2,2H3;2*1-2H3/b14-6+,23-7+;;. The molecule has 0 bridgehead atoms. The summed E-state index contributed by atoms with van der Waals surface area (Å²) in [5.74, 6) is 0.752. The van der Waals surface area contributed by atoms with Crippen molar-refractivity contribution in [3.63, 3.8) is 0 Å².